The Kier molecular flexibility index (Phi) is 2.98. The van der Waals surface area contributed by atoms with E-state index in [4.69, 9.17) is 11.6 Å². The summed E-state index contributed by atoms with van der Waals surface area (Å²) >= 11 is 6.34. The number of nitrogens with zero attached hydrogens (tertiary/aromatic N) is 1. The van der Waals surface area contributed by atoms with Gasteiger partial charge in [0.25, 0.3) is 0 Å². The monoisotopic (exact) mass is 273 g/mol. The highest BCUT2D eigenvalue weighted by molar-refractivity contribution is 6.33. The highest BCUT2D eigenvalue weighted by atomic mass is 35.5. The van der Waals surface area contributed by atoms with E-state index in [0.29, 0.717) is 0 Å². The molecule has 19 heavy (non-hydrogen) atoms. The van der Waals surface area contributed by atoms with Gasteiger partial charge in [-0.1, -0.05) is 41.4 Å². The number of carbonyl (C=O) groups excluding carboxylic acids is 1. The second-order valence-electron chi connectivity index (χ2n) is 5.18. The van der Waals surface area contributed by atoms with E-state index in [1.807, 2.05) is 38.1 Å². The molecular formula is C16H16ClNO. The predicted molar refractivity (Wildman–Crippen MR) is 77.1 cm³/mol. The molecule has 0 saturated heterocycles. The number of hydrogen-bond donors (Lipinski definition) is 0. The number of fused-ring (bicyclic) bond motifs is 1. The predicted octanol–water partition coefficient (Wildman–Crippen LogP) is 3.94. The molecule has 2 heterocycles. The van der Waals surface area contributed by atoms with Gasteiger partial charge in [0.1, 0.15) is 0 Å². The zero-order chi connectivity index (χ0) is 13.6. The quantitative estimate of drug-likeness (QED) is 0.760. The lowest BCUT2D eigenvalue weighted by atomic mass is 10.0. The van der Waals surface area contributed by atoms with E-state index in [2.05, 4.69) is 4.57 Å². The molecule has 1 aromatic carbocycles. The van der Waals surface area contributed by atoms with Gasteiger partial charge in [0.2, 0.25) is 5.78 Å². The van der Waals surface area contributed by atoms with Crippen molar-refractivity contribution < 1.29 is 4.79 Å². The normalized spacial score (nSPS) is 13.6. The maximum Gasteiger partial charge on any atom is 0.209 e. The average molecular weight is 274 g/mol. The highest BCUT2D eigenvalue weighted by Crippen LogP contribution is 2.33. The molecule has 0 aliphatic carbocycles. The first kappa shape index (κ1) is 12.5. The number of hydrogen-bond acceptors (Lipinski definition) is 1. The molecule has 0 spiro atoms. The van der Waals surface area contributed by atoms with Crippen molar-refractivity contribution in [3.05, 3.63) is 57.4 Å². The molecule has 0 bridgehead atoms. The van der Waals surface area contributed by atoms with Gasteiger partial charge in [-0.25, -0.2) is 0 Å². The molecule has 0 unspecified atom stereocenters. The Balaban J connectivity index is 2.10. The molecule has 0 N–H and O–H groups in total. The van der Waals surface area contributed by atoms with Crippen LogP contribution in [0.25, 0.3) is 0 Å². The summed E-state index contributed by atoms with van der Waals surface area (Å²) in [4.78, 5) is 12.7. The van der Waals surface area contributed by atoms with Gasteiger partial charge in [-0.2, -0.15) is 0 Å². The van der Waals surface area contributed by atoms with Crippen LogP contribution in [0.1, 0.15) is 39.3 Å². The maximum absolute atomic E-state index is 12.7. The van der Waals surface area contributed by atoms with E-state index in [1.165, 1.54) is 0 Å². The number of aromatic nitrogens is 1. The lowest BCUT2D eigenvalue weighted by Gasteiger charge is -2.07. The fourth-order valence-electron chi connectivity index (χ4n) is 2.81. The molecule has 1 aromatic heterocycles. The largest absolute Gasteiger partial charge is 0.340 e. The van der Waals surface area contributed by atoms with E-state index in [-0.39, 0.29) is 5.78 Å². The number of ketones is 1. The van der Waals surface area contributed by atoms with Crippen LogP contribution in [0.5, 0.6) is 0 Å². The van der Waals surface area contributed by atoms with Crippen LogP contribution in [-0.2, 0) is 13.0 Å². The first-order valence-electron chi connectivity index (χ1n) is 6.58. The number of halogens is 1. The summed E-state index contributed by atoms with van der Waals surface area (Å²) in [6.45, 7) is 4.86. The van der Waals surface area contributed by atoms with E-state index < -0.39 is 0 Å². The average Bonchev–Trinajstić information content (AvgIpc) is 2.95. The van der Waals surface area contributed by atoms with Crippen molar-refractivity contribution in [1.29, 1.82) is 0 Å². The Bertz CT molecular complexity index is 652. The Morgan fingerprint density at radius 3 is 2.58 bits per heavy atom. The summed E-state index contributed by atoms with van der Waals surface area (Å²) in [5, 5.41) is 0.771. The van der Waals surface area contributed by atoms with Crippen LogP contribution >= 0.6 is 11.6 Å². The van der Waals surface area contributed by atoms with Crippen LogP contribution in [0.15, 0.2) is 24.3 Å². The van der Waals surface area contributed by atoms with Crippen LogP contribution < -0.4 is 0 Å². The third-order valence-corrected chi connectivity index (χ3v) is 4.36. The summed E-state index contributed by atoms with van der Waals surface area (Å²) in [5.41, 5.74) is 4.70. The van der Waals surface area contributed by atoms with Crippen LogP contribution in [-0.4, -0.2) is 10.4 Å². The van der Waals surface area contributed by atoms with E-state index in [1.54, 1.807) is 0 Å². The van der Waals surface area contributed by atoms with Crippen LogP contribution in [0.4, 0.5) is 0 Å². The standard InChI is InChI=1S/C16H16ClNO/c1-10-5-7-12(8-6-10)16(19)15-11(2)14(17)13-4-3-9-18(13)15/h5-8H,3-4,9H2,1-2H3. The molecule has 1 aliphatic rings. The van der Waals surface area contributed by atoms with Gasteiger partial charge in [0.15, 0.2) is 0 Å². The lowest BCUT2D eigenvalue weighted by Crippen LogP contribution is -2.10. The summed E-state index contributed by atoms with van der Waals surface area (Å²) in [6, 6.07) is 7.72. The Morgan fingerprint density at radius 1 is 1.21 bits per heavy atom. The lowest BCUT2D eigenvalue weighted by molar-refractivity contribution is 0.103. The summed E-state index contributed by atoms with van der Waals surface area (Å²) < 4.78 is 2.10. The van der Waals surface area contributed by atoms with Crippen molar-refractivity contribution in [2.45, 2.75) is 33.2 Å². The molecule has 2 nitrogen and oxygen atoms in total. The van der Waals surface area contributed by atoms with Crippen LogP contribution in [0.2, 0.25) is 5.02 Å². The van der Waals surface area contributed by atoms with E-state index in [9.17, 15) is 4.79 Å². The molecule has 1 aliphatic heterocycles. The van der Waals surface area contributed by atoms with Crippen molar-refractivity contribution in [2.75, 3.05) is 0 Å². The smallest absolute Gasteiger partial charge is 0.209 e. The fraction of sp³-hybridized carbons (Fsp3) is 0.312. The molecule has 2 aromatic rings. The Hall–Kier alpha value is -1.54. The van der Waals surface area contributed by atoms with Gasteiger partial charge in [0.05, 0.1) is 10.7 Å². The van der Waals surface area contributed by atoms with Crippen LogP contribution in [0, 0.1) is 13.8 Å². The minimum Gasteiger partial charge on any atom is -0.340 e. The number of carbonyl (C=O) groups is 1. The summed E-state index contributed by atoms with van der Waals surface area (Å²) in [7, 11) is 0. The maximum atomic E-state index is 12.7. The molecule has 0 radical (unpaired) electrons. The number of benzene rings is 1. The molecule has 98 valence electrons. The van der Waals surface area contributed by atoms with Gasteiger partial charge in [-0.15, -0.1) is 0 Å². The van der Waals surface area contributed by atoms with Gasteiger partial charge in [0, 0.05) is 17.8 Å². The molecule has 3 rings (SSSR count). The summed E-state index contributed by atoms with van der Waals surface area (Å²) in [6.07, 6.45) is 2.05. The second kappa shape index (κ2) is 4.53. The minimum absolute atomic E-state index is 0.0764. The first-order chi connectivity index (χ1) is 9.09. The third-order valence-electron chi connectivity index (χ3n) is 3.86. The second-order valence-corrected chi connectivity index (χ2v) is 5.56. The van der Waals surface area contributed by atoms with Gasteiger partial charge < -0.3 is 4.57 Å². The van der Waals surface area contributed by atoms with Crippen LogP contribution in [0.3, 0.4) is 0 Å². The zero-order valence-corrected chi connectivity index (χ0v) is 11.9. The molecule has 0 saturated carbocycles. The third kappa shape index (κ3) is 1.91. The van der Waals surface area contributed by atoms with E-state index >= 15 is 0 Å². The SMILES string of the molecule is Cc1ccc(C(=O)c2c(C)c(Cl)c3n2CCC3)cc1. The Morgan fingerprint density at radius 2 is 1.89 bits per heavy atom. The molecule has 0 amide bonds. The molecular weight excluding hydrogens is 258 g/mol. The van der Waals surface area contributed by atoms with Crippen molar-refractivity contribution in [1.82, 2.24) is 4.57 Å². The molecule has 0 fully saturated rings. The minimum atomic E-state index is 0.0764. The van der Waals surface area contributed by atoms with E-state index in [0.717, 1.165) is 52.5 Å². The highest BCUT2D eigenvalue weighted by Gasteiger charge is 2.26. The van der Waals surface area contributed by atoms with Gasteiger partial charge >= 0.3 is 0 Å². The first-order valence-corrected chi connectivity index (χ1v) is 6.96. The number of aryl methyl sites for hydroxylation is 1. The topological polar surface area (TPSA) is 22.0 Å². The van der Waals surface area contributed by atoms with Crippen molar-refractivity contribution in [2.24, 2.45) is 0 Å². The molecule has 0 atom stereocenters. The van der Waals surface area contributed by atoms with Crippen molar-refractivity contribution >= 4 is 17.4 Å². The van der Waals surface area contributed by atoms with Crippen molar-refractivity contribution in [3.8, 4) is 0 Å². The Labute approximate surface area is 118 Å². The van der Waals surface area contributed by atoms with Gasteiger partial charge in [-0.05, 0) is 32.3 Å². The zero-order valence-electron chi connectivity index (χ0n) is 11.2. The fourth-order valence-corrected chi connectivity index (χ4v) is 3.09. The van der Waals surface area contributed by atoms with Gasteiger partial charge in [-0.3, -0.25) is 4.79 Å². The summed E-state index contributed by atoms with van der Waals surface area (Å²) in [5.74, 6) is 0.0764. The van der Waals surface area contributed by atoms with Crippen molar-refractivity contribution in [3.63, 3.8) is 0 Å². The molecule has 3 heteroatoms. The number of rotatable bonds is 2.